The Bertz CT molecular complexity index is 319. The van der Waals surface area contributed by atoms with Crippen LogP contribution in [0.4, 0.5) is 0 Å². The molecule has 1 rings (SSSR count). The highest BCUT2D eigenvalue weighted by molar-refractivity contribution is 7.47. The van der Waals surface area contributed by atoms with Crippen LogP contribution in [0.3, 0.4) is 0 Å². The topological polar surface area (TPSA) is 77.0 Å². The molecule has 2 N–H and O–H groups in total. The largest absolute Gasteiger partial charge is 0.472 e. The molecule has 1 aliphatic heterocycles. The second-order valence-corrected chi connectivity index (χ2v) is 6.13. The van der Waals surface area contributed by atoms with Crippen molar-refractivity contribution in [1.82, 2.24) is 5.32 Å². The molecular formula is C10H21BNO5P. The lowest BCUT2D eigenvalue weighted by atomic mass is 9.85. The SMILES string of the molecule is [B]C1OC(CC(C)OP(=O)(O)OC)C(C)C1NC. The highest BCUT2D eigenvalue weighted by Crippen LogP contribution is 2.44. The van der Waals surface area contributed by atoms with Crippen LogP contribution in [0.1, 0.15) is 20.3 Å². The zero-order valence-electron chi connectivity index (χ0n) is 11.2. The Kier molecular flexibility index (Phi) is 5.83. The Labute approximate surface area is 109 Å². The lowest BCUT2D eigenvalue weighted by Gasteiger charge is -2.22. The lowest BCUT2D eigenvalue weighted by molar-refractivity contribution is 0.0295. The number of phosphoric acid groups is 1. The van der Waals surface area contributed by atoms with E-state index in [9.17, 15) is 9.46 Å². The van der Waals surface area contributed by atoms with Crippen molar-refractivity contribution in [1.29, 1.82) is 0 Å². The second kappa shape index (κ2) is 6.50. The Hall–Kier alpha value is 0.0949. The van der Waals surface area contributed by atoms with Crippen molar-refractivity contribution < 1.29 is 23.2 Å². The third kappa shape index (κ3) is 4.05. The van der Waals surface area contributed by atoms with Crippen LogP contribution in [0.2, 0.25) is 0 Å². The van der Waals surface area contributed by atoms with E-state index in [0.717, 1.165) is 7.11 Å². The van der Waals surface area contributed by atoms with Gasteiger partial charge in [0.05, 0.1) is 12.2 Å². The quantitative estimate of drug-likeness (QED) is 0.548. The van der Waals surface area contributed by atoms with Gasteiger partial charge in [0.15, 0.2) is 0 Å². The minimum absolute atomic E-state index is 0.0746. The first-order valence-corrected chi connectivity index (χ1v) is 7.45. The third-order valence-electron chi connectivity index (χ3n) is 3.28. The van der Waals surface area contributed by atoms with Gasteiger partial charge in [0.2, 0.25) is 0 Å². The molecule has 0 aromatic carbocycles. The van der Waals surface area contributed by atoms with Crippen LogP contribution in [-0.2, 0) is 18.3 Å². The van der Waals surface area contributed by atoms with Crippen LogP contribution in [0.25, 0.3) is 0 Å². The molecule has 0 aliphatic carbocycles. The van der Waals surface area contributed by atoms with E-state index in [2.05, 4.69) is 9.84 Å². The summed E-state index contributed by atoms with van der Waals surface area (Å²) in [6.07, 6.45) is -0.0682. The molecule has 0 saturated carbocycles. The molecule has 0 spiro atoms. The Morgan fingerprint density at radius 2 is 2.22 bits per heavy atom. The van der Waals surface area contributed by atoms with E-state index in [-0.39, 0.29) is 24.1 Å². The third-order valence-corrected chi connectivity index (χ3v) is 4.37. The molecule has 8 heteroatoms. The molecule has 0 aromatic heterocycles. The van der Waals surface area contributed by atoms with E-state index in [1.807, 2.05) is 14.0 Å². The molecule has 104 valence electrons. The molecule has 2 radical (unpaired) electrons. The van der Waals surface area contributed by atoms with Gasteiger partial charge in [-0.1, -0.05) is 6.92 Å². The van der Waals surface area contributed by atoms with Gasteiger partial charge in [0, 0.05) is 25.6 Å². The maximum absolute atomic E-state index is 11.3. The summed E-state index contributed by atoms with van der Waals surface area (Å²) in [6, 6.07) is -0.295. The van der Waals surface area contributed by atoms with Crippen LogP contribution in [0, 0.1) is 5.92 Å². The molecule has 1 fully saturated rings. The van der Waals surface area contributed by atoms with E-state index >= 15 is 0 Å². The summed E-state index contributed by atoms with van der Waals surface area (Å²) >= 11 is 0. The van der Waals surface area contributed by atoms with E-state index in [1.165, 1.54) is 0 Å². The fourth-order valence-corrected chi connectivity index (χ4v) is 2.91. The molecule has 0 aromatic rings. The van der Waals surface area contributed by atoms with Gasteiger partial charge in [0.1, 0.15) is 7.85 Å². The van der Waals surface area contributed by atoms with Crippen molar-refractivity contribution in [3.05, 3.63) is 0 Å². The van der Waals surface area contributed by atoms with Crippen molar-refractivity contribution in [2.45, 2.75) is 44.5 Å². The Morgan fingerprint density at radius 1 is 1.61 bits per heavy atom. The van der Waals surface area contributed by atoms with Crippen LogP contribution >= 0.6 is 7.82 Å². The first kappa shape index (κ1) is 16.2. The van der Waals surface area contributed by atoms with Gasteiger partial charge in [-0.15, -0.1) is 0 Å². The molecule has 18 heavy (non-hydrogen) atoms. The van der Waals surface area contributed by atoms with Gasteiger partial charge in [-0.2, -0.15) is 0 Å². The molecule has 0 amide bonds. The normalized spacial score (nSPS) is 37.4. The van der Waals surface area contributed by atoms with Gasteiger partial charge in [-0.05, 0) is 19.9 Å². The van der Waals surface area contributed by atoms with E-state index in [0.29, 0.717) is 6.42 Å². The van der Waals surface area contributed by atoms with E-state index in [1.54, 1.807) is 6.92 Å². The molecule has 1 heterocycles. The lowest BCUT2D eigenvalue weighted by Crippen LogP contribution is -2.38. The monoisotopic (exact) mass is 277 g/mol. The highest BCUT2D eigenvalue weighted by Gasteiger charge is 2.39. The van der Waals surface area contributed by atoms with Crippen LogP contribution in [-0.4, -0.2) is 51.2 Å². The standard InChI is InChI=1S/C10H21BNO5P/c1-6(17-18(13,14)15-4)5-8-7(2)9(12-3)10(11)16-8/h6-10,12H,5H2,1-4H3,(H,13,14). The van der Waals surface area contributed by atoms with Crippen molar-refractivity contribution in [3.63, 3.8) is 0 Å². The molecular weight excluding hydrogens is 256 g/mol. The first-order valence-electron chi connectivity index (χ1n) is 5.96. The number of likely N-dealkylation sites (N-methyl/N-ethyl adjacent to an activating group) is 1. The zero-order valence-corrected chi connectivity index (χ0v) is 12.1. The minimum Gasteiger partial charge on any atom is -0.383 e. The average molecular weight is 277 g/mol. The van der Waals surface area contributed by atoms with Crippen LogP contribution in [0.15, 0.2) is 0 Å². The number of phosphoric ester groups is 1. The molecule has 6 atom stereocenters. The summed E-state index contributed by atoms with van der Waals surface area (Å²) in [7, 11) is 4.87. The summed E-state index contributed by atoms with van der Waals surface area (Å²) in [5.41, 5.74) is 0. The summed E-state index contributed by atoms with van der Waals surface area (Å²) < 4.78 is 26.2. The van der Waals surface area contributed by atoms with Crippen molar-refractivity contribution in [2.75, 3.05) is 14.2 Å². The maximum atomic E-state index is 11.3. The summed E-state index contributed by atoms with van der Waals surface area (Å²) in [4.78, 5) is 9.22. The highest BCUT2D eigenvalue weighted by atomic mass is 31.2. The summed E-state index contributed by atoms with van der Waals surface area (Å²) in [6.45, 7) is 3.73. The van der Waals surface area contributed by atoms with Crippen molar-refractivity contribution >= 4 is 15.7 Å². The van der Waals surface area contributed by atoms with Gasteiger partial charge in [-0.3, -0.25) is 9.05 Å². The predicted molar refractivity (Wildman–Crippen MR) is 68.4 cm³/mol. The number of hydrogen-bond donors (Lipinski definition) is 2. The Balaban J connectivity index is 2.51. The summed E-state index contributed by atoms with van der Waals surface area (Å²) in [5.74, 6) is 0.205. The maximum Gasteiger partial charge on any atom is 0.472 e. The van der Waals surface area contributed by atoms with E-state index < -0.39 is 13.9 Å². The number of ether oxygens (including phenoxy) is 1. The number of rotatable bonds is 6. The summed E-state index contributed by atoms with van der Waals surface area (Å²) in [5, 5.41) is 3.11. The van der Waals surface area contributed by atoms with Crippen molar-refractivity contribution in [3.8, 4) is 0 Å². The molecule has 1 saturated heterocycles. The first-order chi connectivity index (χ1) is 8.30. The van der Waals surface area contributed by atoms with Crippen LogP contribution < -0.4 is 5.32 Å². The van der Waals surface area contributed by atoms with E-state index in [4.69, 9.17) is 17.1 Å². The van der Waals surface area contributed by atoms with Crippen LogP contribution in [0.5, 0.6) is 0 Å². The van der Waals surface area contributed by atoms with Crippen molar-refractivity contribution in [2.24, 2.45) is 5.92 Å². The predicted octanol–water partition coefficient (Wildman–Crippen LogP) is 0.646. The second-order valence-electron chi connectivity index (χ2n) is 4.62. The number of hydrogen-bond acceptors (Lipinski definition) is 5. The average Bonchev–Trinajstić information content (AvgIpc) is 2.53. The van der Waals surface area contributed by atoms with Gasteiger partial charge in [-0.25, -0.2) is 4.57 Å². The molecule has 1 aliphatic rings. The van der Waals surface area contributed by atoms with Gasteiger partial charge < -0.3 is 14.9 Å². The minimum atomic E-state index is -3.95. The number of nitrogens with one attached hydrogen (secondary N) is 1. The molecule has 6 unspecified atom stereocenters. The van der Waals surface area contributed by atoms with Gasteiger partial charge >= 0.3 is 7.82 Å². The Morgan fingerprint density at radius 3 is 2.67 bits per heavy atom. The smallest absolute Gasteiger partial charge is 0.383 e. The zero-order chi connectivity index (χ0) is 13.9. The van der Waals surface area contributed by atoms with Gasteiger partial charge in [0.25, 0.3) is 0 Å². The molecule has 0 bridgehead atoms. The molecule has 6 nitrogen and oxygen atoms in total. The fourth-order valence-electron chi connectivity index (χ4n) is 2.28. The fraction of sp³-hybridized carbons (Fsp3) is 1.00.